The van der Waals surface area contributed by atoms with Crippen LogP contribution in [0.1, 0.15) is 43.2 Å². The van der Waals surface area contributed by atoms with E-state index in [0.717, 1.165) is 5.25 Å². The minimum absolute atomic E-state index is 0.679. The van der Waals surface area contributed by atoms with Crippen molar-refractivity contribution in [2.24, 2.45) is 0 Å². The van der Waals surface area contributed by atoms with Crippen LogP contribution in [0.3, 0.4) is 0 Å². The summed E-state index contributed by atoms with van der Waals surface area (Å²) in [6.45, 7) is 4.41. The van der Waals surface area contributed by atoms with Crippen LogP contribution >= 0.6 is 11.8 Å². The molecule has 100 valence electrons. The van der Waals surface area contributed by atoms with Crippen molar-refractivity contribution in [3.63, 3.8) is 0 Å². The standard InChI is InChI=1S/C16H25NS/c1-12-9-10-15(13(2)11-12)18-16-8-6-4-5-7-14(16)17-3/h9-11,14,16-17H,4-8H2,1-3H3. The molecule has 1 aromatic carbocycles. The predicted molar refractivity (Wildman–Crippen MR) is 81.5 cm³/mol. The fourth-order valence-electron chi connectivity index (χ4n) is 2.84. The summed E-state index contributed by atoms with van der Waals surface area (Å²) in [6, 6.07) is 7.51. The third-order valence-electron chi connectivity index (χ3n) is 3.93. The lowest BCUT2D eigenvalue weighted by molar-refractivity contribution is 0.510. The highest BCUT2D eigenvalue weighted by Gasteiger charge is 2.23. The Bertz CT molecular complexity index is 389. The first-order valence-corrected chi connectivity index (χ1v) is 8.00. The zero-order valence-corrected chi connectivity index (χ0v) is 12.6. The van der Waals surface area contributed by atoms with E-state index in [0.29, 0.717) is 6.04 Å². The van der Waals surface area contributed by atoms with Crippen LogP contribution in [0.15, 0.2) is 23.1 Å². The van der Waals surface area contributed by atoms with E-state index >= 15 is 0 Å². The molecule has 1 saturated carbocycles. The van der Waals surface area contributed by atoms with Gasteiger partial charge < -0.3 is 5.32 Å². The maximum Gasteiger partial charge on any atom is 0.0248 e. The van der Waals surface area contributed by atoms with Gasteiger partial charge in [0.2, 0.25) is 0 Å². The molecule has 0 heterocycles. The Morgan fingerprint density at radius 1 is 1.11 bits per heavy atom. The van der Waals surface area contributed by atoms with E-state index < -0.39 is 0 Å². The number of hydrogen-bond donors (Lipinski definition) is 1. The molecule has 2 rings (SSSR count). The van der Waals surface area contributed by atoms with Gasteiger partial charge >= 0.3 is 0 Å². The lowest BCUT2D eigenvalue weighted by Crippen LogP contribution is -2.34. The molecule has 1 fully saturated rings. The summed E-state index contributed by atoms with van der Waals surface area (Å²) in [7, 11) is 2.12. The fraction of sp³-hybridized carbons (Fsp3) is 0.625. The molecule has 2 unspecified atom stereocenters. The molecule has 0 aromatic heterocycles. The average molecular weight is 263 g/mol. The van der Waals surface area contributed by atoms with Gasteiger partial charge in [-0.3, -0.25) is 0 Å². The first-order valence-electron chi connectivity index (χ1n) is 7.12. The van der Waals surface area contributed by atoms with Gasteiger partial charge in [0.1, 0.15) is 0 Å². The second kappa shape index (κ2) is 6.63. The van der Waals surface area contributed by atoms with Gasteiger partial charge in [-0.15, -0.1) is 11.8 Å². The summed E-state index contributed by atoms with van der Waals surface area (Å²) in [5.41, 5.74) is 2.79. The zero-order chi connectivity index (χ0) is 13.0. The minimum Gasteiger partial charge on any atom is -0.316 e. The summed E-state index contributed by atoms with van der Waals surface area (Å²) in [4.78, 5) is 1.47. The van der Waals surface area contributed by atoms with Crippen LogP contribution in [0.25, 0.3) is 0 Å². The summed E-state index contributed by atoms with van der Waals surface area (Å²) < 4.78 is 0. The first kappa shape index (κ1) is 14.0. The van der Waals surface area contributed by atoms with Gasteiger partial charge in [-0.05, 0) is 45.4 Å². The molecular weight excluding hydrogens is 238 g/mol. The maximum atomic E-state index is 3.52. The Morgan fingerprint density at radius 3 is 2.61 bits per heavy atom. The molecule has 1 nitrogen and oxygen atoms in total. The molecule has 0 bridgehead atoms. The highest BCUT2D eigenvalue weighted by atomic mass is 32.2. The van der Waals surface area contributed by atoms with Crippen LogP contribution in [0.4, 0.5) is 0 Å². The quantitative estimate of drug-likeness (QED) is 0.815. The second-order valence-electron chi connectivity index (χ2n) is 5.46. The van der Waals surface area contributed by atoms with Gasteiger partial charge in [-0.1, -0.05) is 37.0 Å². The number of benzene rings is 1. The number of hydrogen-bond acceptors (Lipinski definition) is 2. The maximum absolute atomic E-state index is 3.52. The van der Waals surface area contributed by atoms with Crippen molar-refractivity contribution in [1.29, 1.82) is 0 Å². The summed E-state index contributed by atoms with van der Waals surface area (Å²) >= 11 is 2.08. The Morgan fingerprint density at radius 2 is 1.89 bits per heavy atom. The summed E-state index contributed by atoms with van der Waals surface area (Å²) in [5.74, 6) is 0. The molecule has 2 heteroatoms. The normalized spacial score (nSPS) is 24.8. The molecule has 0 aliphatic heterocycles. The molecule has 1 aliphatic carbocycles. The van der Waals surface area contributed by atoms with Gasteiger partial charge in [0.15, 0.2) is 0 Å². The van der Waals surface area contributed by atoms with E-state index in [2.05, 4.69) is 56.2 Å². The molecule has 0 radical (unpaired) electrons. The van der Waals surface area contributed by atoms with Crippen molar-refractivity contribution in [1.82, 2.24) is 5.32 Å². The van der Waals surface area contributed by atoms with Crippen LogP contribution in [0.2, 0.25) is 0 Å². The largest absolute Gasteiger partial charge is 0.316 e. The highest BCUT2D eigenvalue weighted by Crippen LogP contribution is 2.34. The van der Waals surface area contributed by atoms with Crippen molar-refractivity contribution in [3.8, 4) is 0 Å². The Balaban J connectivity index is 2.10. The van der Waals surface area contributed by atoms with E-state index in [1.54, 1.807) is 0 Å². The van der Waals surface area contributed by atoms with Crippen molar-refractivity contribution in [3.05, 3.63) is 29.3 Å². The van der Waals surface area contributed by atoms with Crippen LogP contribution in [0, 0.1) is 13.8 Å². The van der Waals surface area contributed by atoms with Crippen LogP contribution in [-0.2, 0) is 0 Å². The van der Waals surface area contributed by atoms with Gasteiger partial charge in [0.05, 0.1) is 0 Å². The van der Waals surface area contributed by atoms with Gasteiger partial charge in [-0.25, -0.2) is 0 Å². The molecule has 0 spiro atoms. The van der Waals surface area contributed by atoms with E-state index in [-0.39, 0.29) is 0 Å². The summed E-state index contributed by atoms with van der Waals surface area (Å²) in [5, 5.41) is 4.26. The molecular formula is C16H25NS. The molecule has 1 aliphatic rings. The molecule has 2 atom stereocenters. The minimum atomic E-state index is 0.679. The molecule has 18 heavy (non-hydrogen) atoms. The Labute approximate surface area is 116 Å². The summed E-state index contributed by atoms with van der Waals surface area (Å²) in [6.07, 6.45) is 6.86. The Hall–Kier alpha value is -0.470. The van der Waals surface area contributed by atoms with Gasteiger partial charge in [0, 0.05) is 16.2 Å². The molecule has 0 saturated heterocycles. The number of nitrogens with one attached hydrogen (secondary N) is 1. The van der Waals surface area contributed by atoms with E-state index in [4.69, 9.17) is 0 Å². The lowest BCUT2D eigenvalue weighted by Gasteiger charge is -2.25. The SMILES string of the molecule is CNC1CCCCCC1Sc1ccc(C)cc1C. The number of aryl methyl sites for hydroxylation is 2. The smallest absolute Gasteiger partial charge is 0.0248 e. The average Bonchev–Trinajstić information content (AvgIpc) is 2.57. The lowest BCUT2D eigenvalue weighted by atomic mass is 10.1. The predicted octanol–water partition coefficient (Wildman–Crippen LogP) is 4.32. The van der Waals surface area contributed by atoms with Crippen LogP contribution in [0.5, 0.6) is 0 Å². The highest BCUT2D eigenvalue weighted by molar-refractivity contribution is 8.00. The molecule has 1 N–H and O–H groups in total. The molecule has 1 aromatic rings. The number of rotatable bonds is 3. The fourth-order valence-corrected chi connectivity index (χ4v) is 4.28. The number of thioether (sulfide) groups is 1. The van der Waals surface area contributed by atoms with Crippen molar-refractivity contribution < 1.29 is 0 Å². The molecule has 0 amide bonds. The van der Waals surface area contributed by atoms with E-state index in [9.17, 15) is 0 Å². The van der Waals surface area contributed by atoms with Crippen LogP contribution < -0.4 is 5.32 Å². The van der Waals surface area contributed by atoms with E-state index in [1.807, 2.05) is 0 Å². The van der Waals surface area contributed by atoms with Gasteiger partial charge in [-0.2, -0.15) is 0 Å². The topological polar surface area (TPSA) is 12.0 Å². The van der Waals surface area contributed by atoms with Gasteiger partial charge in [0.25, 0.3) is 0 Å². The van der Waals surface area contributed by atoms with Crippen LogP contribution in [-0.4, -0.2) is 18.3 Å². The van der Waals surface area contributed by atoms with Crippen molar-refractivity contribution in [2.45, 2.75) is 62.1 Å². The zero-order valence-electron chi connectivity index (χ0n) is 11.8. The second-order valence-corrected chi connectivity index (χ2v) is 6.74. The Kier molecular flexibility index (Phi) is 5.13. The van der Waals surface area contributed by atoms with Crippen molar-refractivity contribution >= 4 is 11.8 Å². The monoisotopic (exact) mass is 263 g/mol. The first-order chi connectivity index (χ1) is 8.70. The third-order valence-corrected chi connectivity index (χ3v) is 5.51. The van der Waals surface area contributed by atoms with E-state index in [1.165, 1.54) is 48.1 Å². The van der Waals surface area contributed by atoms with Crippen molar-refractivity contribution in [2.75, 3.05) is 7.05 Å². The third kappa shape index (κ3) is 3.52.